The lowest BCUT2D eigenvalue weighted by Crippen LogP contribution is -2.14. The van der Waals surface area contributed by atoms with E-state index in [1.165, 1.54) is 37.5 Å². The zero-order valence-corrected chi connectivity index (χ0v) is 20.2. The third-order valence-electron chi connectivity index (χ3n) is 5.01. The molecule has 1 N–H and O–H groups in total. The number of hydrogen-bond acceptors (Lipinski definition) is 6. The highest BCUT2D eigenvalue weighted by Crippen LogP contribution is 2.38. The molecule has 0 unspecified atom stereocenters. The number of rotatable bonds is 7. The van der Waals surface area contributed by atoms with Crippen LogP contribution >= 0.6 is 11.6 Å². The van der Waals surface area contributed by atoms with Crippen LogP contribution < -0.4 is 14.2 Å². The summed E-state index contributed by atoms with van der Waals surface area (Å²) in [5.74, 6) is -0.785. The van der Waals surface area contributed by atoms with Gasteiger partial charge >= 0.3 is 10.1 Å². The fourth-order valence-electron chi connectivity index (χ4n) is 3.04. The zero-order chi connectivity index (χ0) is 24.9. The second-order valence-corrected chi connectivity index (χ2v) is 9.21. The van der Waals surface area contributed by atoms with Gasteiger partial charge in [0.2, 0.25) is 5.75 Å². The van der Waals surface area contributed by atoms with Crippen molar-refractivity contribution in [3.8, 4) is 17.6 Å². The Labute approximate surface area is 203 Å². The Morgan fingerprint density at radius 1 is 1.09 bits per heavy atom. The summed E-state index contributed by atoms with van der Waals surface area (Å²) in [6.07, 6.45) is 1.32. The summed E-state index contributed by atoms with van der Waals surface area (Å²) in [6.45, 7) is 3.79. The smallest absolute Gasteiger partial charge is 0.339 e. The molecule has 0 aromatic heterocycles. The number of nitrogens with one attached hydrogen (secondary N) is 1. The van der Waals surface area contributed by atoms with E-state index in [0.717, 1.165) is 11.1 Å². The maximum absolute atomic E-state index is 12.7. The maximum Gasteiger partial charge on any atom is 0.339 e. The minimum Gasteiger partial charge on any atom is -0.493 e. The van der Waals surface area contributed by atoms with Gasteiger partial charge in [-0.3, -0.25) is 4.79 Å². The Morgan fingerprint density at radius 2 is 1.79 bits per heavy atom. The Morgan fingerprint density at radius 3 is 2.44 bits per heavy atom. The fraction of sp³-hybridized carbons (Fsp3) is 0.120. The molecule has 0 bridgehead atoms. The number of hydrogen-bond donors (Lipinski definition) is 1. The molecule has 1 amide bonds. The molecule has 0 aliphatic rings. The second kappa shape index (κ2) is 10.4. The topological polar surface area (TPSA) is 105 Å². The normalized spacial score (nSPS) is 11.4. The van der Waals surface area contributed by atoms with Gasteiger partial charge in [-0.2, -0.15) is 13.7 Å². The number of carbonyl (C=O) groups excluding carboxylic acids is 1. The van der Waals surface area contributed by atoms with E-state index in [9.17, 15) is 18.5 Å². The molecular weight excluding hydrogens is 476 g/mol. The molecule has 3 aromatic rings. The van der Waals surface area contributed by atoms with Crippen molar-refractivity contribution in [3.63, 3.8) is 0 Å². The number of amides is 1. The predicted octanol–water partition coefficient (Wildman–Crippen LogP) is 5.28. The monoisotopic (exact) mass is 496 g/mol. The van der Waals surface area contributed by atoms with Crippen molar-refractivity contribution in [2.75, 3.05) is 12.4 Å². The third-order valence-corrected chi connectivity index (χ3v) is 6.52. The Balaban J connectivity index is 1.92. The number of nitriles is 1. The van der Waals surface area contributed by atoms with E-state index in [4.69, 9.17) is 20.5 Å². The van der Waals surface area contributed by atoms with Crippen LogP contribution in [0.2, 0.25) is 5.02 Å². The van der Waals surface area contributed by atoms with Crippen LogP contribution in [-0.2, 0) is 14.9 Å². The third kappa shape index (κ3) is 5.57. The first-order valence-electron chi connectivity index (χ1n) is 10.0. The number of aryl methyl sites for hydroxylation is 1. The molecular formula is C25H21ClN2O5S. The number of carbonyl (C=O) groups is 1. The number of halogens is 1. The summed E-state index contributed by atoms with van der Waals surface area (Å²) < 4.78 is 35.7. The number of anilines is 1. The summed E-state index contributed by atoms with van der Waals surface area (Å²) in [4.78, 5) is 12.6. The molecule has 174 valence electrons. The summed E-state index contributed by atoms with van der Waals surface area (Å²) in [6, 6.07) is 17.7. The number of ether oxygens (including phenoxy) is 1. The van der Waals surface area contributed by atoms with Crippen molar-refractivity contribution in [3.05, 3.63) is 87.9 Å². The molecule has 9 heteroatoms. The molecule has 0 spiro atoms. The summed E-state index contributed by atoms with van der Waals surface area (Å²) >= 11 is 6.30. The van der Waals surface area contributed by atoms with Gasteiger partial charge in [0.25, 0.3) is 5.91 Å². The molecule has 0 saturated heterocycles. The molecule has 3 rings (SSSR count). The Hall–Kier alpha value is -3.80. The van der Waals surface area contributed by atoms with Crippen molar-refractivity contribution in [2.45, 2.75) is 18.7 Å². The largest absolute Gasteiger partial charge is 0.493 e. The number of methoxy groups -OCH3 is 1. The number of nitrogens with zero attached hydrogens (tertiary/aromatic N) is 1. The summed E-state index contributed by atoms with van der Waals surface area (Å²) in [5.41, 5.74) is 2.65. The van der Waals surface area contributed by atoms with Crippen LogP contribution in [0.25, 0.3) is 6.08 Å². The van der Waals surface area contributed by atoms with Gasteiger partial charge in [-0.1, -0.05) is 41.9 Å². The van der Waals surface area contributed by atoms with Gasteiger partial charge < -0.3 is 14.2 Å². The van der Waals surface area contributed by atoms with E-state index < -0.39 is 16.0 Å². The van der Waals surface area contributed by atoms with Gasteiger partial charge in [0.1, 0.15) is 16.5 Å². The highest BCUT2D eigenvalue weighted by Gasteiger charge is 2.22. The van der Waals surface area contributed by atoms with Gasteiger partial charge in [-0.25, -0.2) is 0 Å². The van der Waals surface area contributed by atoms with Gasteiger partial charge in [0, 0.05) is 5.69 Å². The SMILES string of the molecule is COc1cc(/C=C(\C#N)C(=O)Nc2cccc(C)c2C)cc(Cl)c1OS(=O)(=O)c1ccccc1. The van der Waals surface area contributed by atoms with E-state index in [-0.39, 0.29) is 27.0 Å². The lowest BCUT2D eigenvalue weighted by atomic mass is 10.1. The standard InChI is InChI=1S/C25H21ClN2O5S/c1-16-8-7-11-22(17(16)2)28-25(29)19(15-27)12-18-13-21(26)24(23(14-18)32-3)33-34(30,31)20-9-5-4-6-10-20/h4-14H,1-3H3,(H,28,29)/b19-12+. The lowest BCUT2D eigenvalue weighted by molar-refractivity contribution is -0.112. The molecule has 0 saturated carbocycles. The van der Waals surface area contributed by atoms with E-state index in [1.54, 1.807) is 30.3 Å². The highest BCUT2D eigenvalue weighted by molar-refractivity contribution is 7.87. The van der Waals surface area contributed by atoms with E-state index in [1.807, 2.05) is 26.0 Å². The number of benzene rings is 3. The lowest BCUT2D eigenvalue weighted by Gasteiger charge is -2.13. The quantitative estimate of drug-likeness (QED) is 0.271. The maximum atomic E-state index is 12.7. The first kappa shape index (κ1) is 24.8. The minimum atomic E-state index is -4.16. The first-order valence-corrected chi connectivity index (χ1v) is 11.8. The Bertz CT molecular complexity index is 1410. The van der Waals surface area contributed by atoms with Crippen molar-refractivity contribution in [1.82, 2.24) is 0 Å². The van der Waals surface area contributed by atoms with Gasteiger partial charge in [0.15, 0.2) is 5.75 Å². The van der Waals surface area contributed by atoms with Crippen LogP contribution in [0.4, 0.5) is 5.69 Å². The molecule has 0 radical (unpaired) electrons. The molecule has 34 heavy (non-hydrogen) atoms. The van der Waals surface area contributed by atoms with E-state index in [2.05, 4.69) is 5.32 Å². The minimum absolute atomic E-state index is 0.0190. The fourth-order valence-corrected chi connectivity index (χ4v) is 4.32. The average Bonchev–Trinajstić information content (AvgIpc) is 2.82. The summed E-state index contributed by atoms with van der Waals surface area (Å²) in [7, 11) is -2.84. The molecule has 7 nitrogen and oxygen atoms in total. The predicted molar refractivity (Wildman–Crippen MR) is 130 cm³/mol. The van der Waals surface area contributed by atoms with Gasteiger partial charge in [0.05, 0.1) is 12.1 Å². The van der Waals surface area contributed by atoms with Crippen molar-refractivity contribution in [1.29, 1.82) is 5.26 Å². The van der Waals surface area contributed by atoms with E-state index in [0.29, 0.717) is 11.3 Å². The zero-order valence-electron chi connectivity index (χ0n) is 18.6. The van der Waals surface area contributed by atoms with Crippen molar-refractivity contribution >= 4 is 39.4 Å². The van der Waals surface area contributed by atoms with Gasteiger partial charge in [-0.15, -0.1) is 0 Å². The van der Waals surface area contributed by atoms with Crippen LogP contribution in [-0.4, -0.2) is 21.4 Å². The summed E-state index contributed by atoms with van der Waals surface area (Å²) in [5, 5.41) is 12.2. The average molecular weight is 497 g/mol. The molecule has 0 aliphatic carbocycles. The van der Waals surface area contributed by atoms with Crippen molar-refractivity contribution in [2.24, 2.45) is 0 Å². The molecule has 0 heterocycles. The van der Waals surface area contributed by atoms with Gasteiger partial charge in [-0.05, 0) is 66.9 Å². The molecule has 3 aromatic carbocycles. The first-order chi connectivity index (χ1) is 16.2. The second-order valence-electron chi connectivity index (χ2n) is 7.26. The van der Waals surface area contributed by atoms with Crippen LogP contribution in [0.15, 0.2) is 71.1 Å². The van der Waals surface area contributed by atoms with Crippen LogP contribution in [0, 0.1) is 25.2 Å². The van der Waals surface area contributed by atoms with Crippen LogP contribution in [0.5, 0.6) is 11.5 Å². The van der Waals surface area contributed by atoms with Crippen LogP contribution in [0.3, 0.4) is 0 Å². The molecule has 0 atom stereocenters. The van der Waals surface area contributed by atoms with Crippen molar-refractivity contribution < 1.29 is 22.1 Å². The molecule has 0 aliphatic heterocycles. The molecule has 0 fully saturated rings. The van der Waals surface area contributed by atoms with E-state index >= 15 is 0 Å². The van der Waals surface area contributed by atoms with Crippen LogP contribution in [0.1, 0.15) is 16.7 Å². The highest BCUT2D eigenvalue weighted by atomic mass is 35.5. The Kier molecular flexibility index (Phi) is 7.61.